The third-order valence-electron chi connectivity index (χ3n) is 3.94. The van der Waals surface area contributed by atoms with Gasteiger partial charge >= 0.3 is 0 Å². The van der Waals surface area contributed by atoms with E-state index >= 15 is 0 Å². The van der Waals surface area contributed by atoms with Crippen molar-refractivity contribution in [1.29, 1.82) is 0 Å². The minimum Gasteiger partial charge on any atom is -0.454 e. The zero-order valence-electron chi connectivity index (χ0n) is 15.4. The Labute approximate surface area is 151 Å². The lowest BCUT2D eigenvalue weighted by molar-refractivity contribution is 0.174. The Balaban J connectivity index is 1.88. The zero-order chi connectivity index (χ0) is 17.9. The van der Waals surface area contributed by atoms with Crippen molar-refractivity contribution in [2.75, 3.05) is 20.4 Å². The van der Waals surface area contributed by atoms with Crippen molar-refractivity contribution in [3.63, 3.8) is 0 Å². The number of rotatable bonds is 4. The van der Waals surface area contributed by atoms with Crippen LogP contribution in [-0.2, 0) is 6.54 Å². The SMILES string of the molecule is CN(CC#C[Si](C)(C)C)Cc1ccc2c(c1-c1ccccc1)OCO2. The molecular formula is C21H25NO2Si. The molecule has 2 aromatic carbocycles. The fraction of sp³-hybridized carbons (Fsp3) is 0.333. The van der Waals surface area contributed by atoms with Gasteiger partial charge in [-0.15, -0.1) is 5.54 Å². The van der Waals surface area contributed by atoms with Gasteiger partial charge in [0.05, 0.1) is 6.54 Å². The summed E-state index contributed by atoms with van der Waals surface area (Å²) < 4.78 is 11.3. The van der Waals surface area contributed by atoms with E-state index in [0.717, 1.165) is 35.7 Å². The minimum absolute atomic E-state index is 0.288. The van der Waals surface area contributed by atoms with E-state index in [4.69, 9.17) is 9.47 Å². The first kappa shape index (κ1) is 17.6. The maximum atomic E-state index is 5.77. The van der Waals surface area contributed by atoms with Crippen LogP contribution in [0.5, 0.6) is 11.5 Å². The molecule has 0 N–H and O–H groups in total. The molecule has 0 aliphatic carbocycles. The summed E-state index contributed by atoms with van der Waals surface area (Å²) in [5.74, 6) is 5.01. The molecule has 0 radical (unpaired) electrons. The van der Waals surface area contributed by atoms with Gasteiger partial charge in [0.25, 0.3) is 0 Å². The Morgan fingerprint density at radius 1 is 1.04 bits per heavy atom. The van der Waals surface area contributed by atoms with Crippen LogP contribution < -0.4 is 9.47 Å². The highest BCUT2D eigenvalue weighted by atomic mass is 28.3. The lowest BCUT2D eigenvalue weighted by Crippen LogP contribution is -2.21. The number of hydrogen-bond donors (Lipinski definition) is 0. The second-order valence-corrected chi connectivity index (χ2v) is 12.2. The van der Waals surface area contributed by atoms with Gasteiger partial charge in [-0.05, 0) is 24.2 Å². The predicted molar refractivity (Wildman–Crippen MR) is 105 cm³/mol. The molecular weight excluding hydrogens is 326 g/mol. The molecule has 3 rings (SSSR count). The lowest BCUT2D eigenvalue weighted by atomic mass is 9.97. The molecule has 0 saturated heterocycles. The van der Waals surface area contributed by atoms with Crippen molar-refractivity contribution < 1.29 is 9.47 Å². The fourth-order valence-corrected chi connectivity index (χ4v) is 3.46. The number of hydrogen-bond acceptors (Lipinski definition) is 3. The molecule has 0 saturated carbocycles. The second kappa shape index (κ2) is 7.34. The van der Waals surface area contributed by atoms with Gasteiger partial charge in [-0.3, -0.25) is 4.90 Å². The molecule has 3 nitrogen and oxygen atoms in total. The van der Waals surface area contributed by atoms with Gasteiger partial charge in [0, 0.05) is 12.1 Å². The van der Waals surface area contributed by atoms with Crippen LogP contribution in [0.4, 0.5) is 0 Å². The van der Waals surface area contributed by atoms with Gasteiger partial charge in [-0.2, -0.15) is 0 Å². The van der Waals surface area contributed by atoms with E-state index in [-0.39, 0.29) is 6.79 Å². The summed E-state index contributed by atoms with van der Waals surface area (Å²) in [5, 5.41) is 0. The Morgan fingerprint density at radius 3 is 2.52 bits per heavy atom. The molecule has 25 heavy (non-hydrogen) atoms. The summed E-state index contributed by atoms with van der Waals surface area (Å²) in [6.07, 6.45) is 0. The highest BCUT2D eigenvalue weighted by Crippen LogP contribution is 2.43. The molecule has 0 amide bonds. The van der Waals surface area contributed by atoms with Gasteiger partial charge in [-0.1, -0.05) is 62.0 Å². The molecule has 0 spiro atoms. The maximum absolute atomic E-state index is 5.77. The van der Waals surface area contributed by atoms with Crippen LogP contribution in [0.3, 0.4) is 0 Å². The lowest BCUT2D eigenvalue weighted by Gasteiger charge is -2.18. The highest BCUT2D eigenvalue weighted by molar-refractivity contribution is 6.83. The monoisotopic (exact) mass is 351 g/mol. The average Bonchev–Trinajstić information content (AvgIpc) is 3.02. The summed E-state index contributed by atoms with van der Waals surface area (Å²) in [6.45, 7) is 8.69. The molecule has 130 valence electrons. The van der Waals surface area contributed by atoms with Crippen molar-refractivity contribution in [2.45, 2.75) is 26.2 Å². The van der Waals surface area contributed by atoms with Gasteiger partial charge in [0.2, 0.25) is 6.79 Å². The smallest absolute Gasteiger partial charge is 0.231 e. The zero-order valence-corrected chi connectivity index (χ0v) is 16.4. The third-order valence-corrected chi connectivity index (χ3v) is 4.87. The fourth-order valence-electron chi connectivity index (χ4n) is 2.85. The quantitative estimate of drug-likeness (QED) is 0.602. The van der Waals surface area contributed by atoms with E-state index in [1.807, 2.05) is 12.1 Å². The van der Waals surface area contributed by atoms with E-state index in [0.29, 0.717) is 0 Å². The topological polar surface area (TPSA) is 21.7 Å². The van der Waals surface area contributed by atoms with Gasteiger partial charge in [0.15, 0.2) is 11.5 Å². The standard InChI is InChI=1S/C21H25NO2Si/c1-22(13-8-14-25(2,3)4)15-18-11-12-19-21(24-16-23-19)20(18)17-9-6-5-7-10-17/h5-7,9-12H,13,15-16H2,1-4H3. The van der Waals surface area contributed by atoms with Crippen LogP contribution in [0, 0.1) is 11.5 Å². The minimum atomic E-state index is -1.32. The number of ether oxygens (including phenoxy) is 2. The van der Waals surface area contributed by atoms with Gasteiger partial charge in [0.1, 0.15) is 8.07 Å². The Kier molecular flexibility index (Phi) is 5.17. The van der Waals surface area contributed by atoms with Crippen LogP contribution in [0.1, 0.15) is 5.56 Å². The molecule has 0 aromatic heterocycles. The van der Waals surface area contributed by atoms with Crippen molar-refractivity contribution >= 4 is 8.07 Å². The highest BCUT2D eigenvalue weighted by Gasteiger charge is 2.22. The second-order valence-electron chi connectivity index (χ2n) is 7.42. The molecule has 0 atom stereocenters. The number of nitrogens with zero attached hydrogens (tertiary/aromatic N) is 1. The van der Waals surface area contributed by atoms with Crippen LogP contribution in [0.15, 0.2) is 42.5 Å². The van der Waals surface area contributed by atoms with Crippen molar-refractivity contribution in [1.82, 2.24) is 4.90 Å². The van der Waals surface area contributed by atoms with E-state index in [1.165, 1.54) is 5.56 Å². The van der Waals surface area contributed by atoms with Crippen molar-refractivity contribution in [3.05, 3.63) is 48.0 Å². The van der Waals surface area contributed by atoms with Crippen molar-refractivity contribution in [3.8, 4) is 34.1 Å². The summed E-state index contributed by atoms with van der Waals surface area (Å²) in [6, 6.07) is 14.5. The summed E-state index contributed by atoms with van der Waals surface area (Å²) in [7, 11) is 0.792. The molecule has 1 aliphatic rings. The summed E-state index contributed by atoms with van der Waals surface area (Å²) in [4.78, 5) is 2.25. The van der Waals surface area contributed by atoms with Gasteiger partial charge < -0.3 is 9.47 Å². The third kappa shape index (κ3) is 4.44. The van der Waals surface area contributed by atoms with Gasteiger partial charge in [-0.25, -0.2) is 0 Å². The maximum Gasteiger partial charge on any atom is 0.231 e. The van der Waals surface area contributed by atoms with Crippen LogP contribution in [-0.4, -0.2) is 33.4 Å². The van der Waals surface area contributed by atoms with Crippen molar-refractivity contribution in [2.24, 2.45) is 0 Å². The largest absolute Gasteiger partial charge is 0.454 e. The first-order valence-electron chi connectivity index (χ1n) is 8.59. The van der Waals surface area contributed by atoms with E-state index in [2.05, 4.69) is 73.4 Å². The van der Waals surface area contributed by atoms with E-state index < -0.39 is 8.07 Å². The van der Waals surface area contributed by atoms with Crippen LogP contribution in [0.2, 0.25) is 19.6 Å². The molecule has 4 heteroatoms. The average molecular weight is 352 g/mol. The first-order chi connectivity index (χ1) is 11.9. The Bertz CT molecular complexity index is 800. The Hall–Kier alpha value is -2.22. The summed E-state index contributed by atoms with van der Waals surface area (Å²) in [5.41, 5.74) is 6.94. The van der Waals surface area contributed by atoms with E-state index in [1.54, 1.807) is 0 Å². The predicted octanol–water partition coefficient (Wildman–Crippen LogP) is 4.39. The summed E-state index contributed by atoms with van der Waals surface area (Å²) >= 11 is 0. The number of fused-ring (bicyclic) bond motifs is 1. The number of benzene rings is 2. The Morgan fingerprint density at radius 2 is 1.80 bits per heavy atom. The molecule has 0 unspecified atom stereocenters. The van der Waals surface area contributed by atoms with Crippen LogP contribution in [0.25, 0.3) is 11.1 Å². The molecule has 2 aromatic rings. The molecule has 0 bridgehead atoms. The first-order valence-corrected chi connectivity index (χ1v) is 12.1. The molecule has 0 fully saturated rings. The molecule has 1 heterocycles. The van der Waals surface area contributed by atoms with Crippen LogP contribution >= 0.6 is 0 Å². The normalized spacial score (nSPS) is 12.8. The molecule has 1 aliphatic heterocycles. The van der Waals surface area contributed by atoms with E-state index in [9.17, 15) is 0 Å².